The summed E-state index contributed by atoms with van der Waals surface area (Å²) in [6.07, 6.45) is 3.96. The van der Waals surface area contributed by atoms with Crippen LogP contribution in [0.4, 0.5) is 0 Å². The van der Waals surface area contributed by atoms with Gasteiger partial charge in [-0.05, 0) is 48.7 Å². The molecule has 26 heavy (non-hydrogen) atoms. The molecule has 2 N–H and O–H groups in total. The molecule has 7 nitrogen and oxygen atoms in total. The highest BCUT2D eigenvalue weighted by atomic mass is 16.5. The second-order valence-electron chi connectivity index (χ2n) is 6.40. The largest absolute Gasteiger partial charge is 0.493 e. The van der Waals surface area contributed by atoms with Crippen molar-refractivity contribution in [2.45, 2.75) is 32.4 Å². The van der Waals surface area contributed by atoms with Gasteiger partial charge in [0, 0.05) is 37.9 Å². The van der Waals surface area contributed by atoms with Gasteiger partial charge in [0.2, 0.25) is 5.91 Å². The van der Waals surface area contributed by atoms with E-state index in [1.807, 2.05) is 23.1 Å². The van der Waals surface area contributed by atoms with E-state index in [0.717, 1.165) is 49.5 Å². The SMILES string of the molecule is COc1cc2c(cc1OC)CN(C(=O)CCCNCc1ccn[nH]1)CC2. The van der Waals surface area contributed by atoms with E-state index in [1.165, 1.54) is 5.56 Å². The fourth-order valence-electron chi connectivity index (χ4n) is 3.22. The Morgan fingerprint density at radius 3 is 2.73 bits per heavy atom. The van der Waals surface area contributed by atoms with Crippen molar-refractivity contribution in [3.05, 3.63) is 41.2 Å². The van der Waals surface area contributed by atoms with Crippen molar-refractivity contribution in [3.63, 3.8) is 0 Å². The van der Waals surface area contributed by atoms with Crippen LogP contribution in [0.1, 0.15) is 29.7 Å². The number of methoxy groups -OCH3 is 2. The van der Waals surface area contributed by atoms with Crippen molar-refractivity contribution in [1.82, 2.24) is 20.4 Å². The molecule has 140 valence electrons. The number of ether oxygens (including phenoxy) is 2. The first-order chi connectivity index (χ1) is 12.7. The third-order valence-corrected chi connectivity index (χ3v) is 4.69. The zero-order chi connectivity index (χ0) is 18.4. The monoisotopic (exact) mass is 358 g/mol. The lowest BCUT2D eigenvalue weighted by Gasteiger charge is -2.29. The van der Waals surface area contributed by atoms with Gasteiger partial charge in [0.15, 0.2) is 11.5 Å². The number of nitrogens with one attached hydrogen (secondary N) is 2. The number of H-pyrrole nitrogens is 1. The number of amides is 1. The maximum Gasteiger partial charge on any atom is 0.222 e. The molecule has 0 radical (unpaired) electrons. The summed E-state index contributed by atoms with van der Waals surface area (Å²) in [4.78, 5) is 14.4. The van der Waals surface area contributed by atoms with Gasteiger partial charge in [-0.3, -0.25) is 9.89 Å². The van der Waals surface area contributed by atoms with E-state index < -0.39 is 0 Å². The Morgan fingerprint density at radius 2 is 2.04 bits per heavy atom. The summed E-state index contributed by atoms with van der Waals surface area (Å²) in [5, 5.41) is 10.1. The van der Waals surface area contributed by atoms with Crippen LogP contribution < -0.4 is 14.8 Å². The molecule has 3 rings (SSSR count). The van der Waals surface area contributed by atoms with Crippen molar-refractivity contribution >= 4 is 5.91 Å². The Labute approximate surface area is 153 Å². The summed E-state index contributed by atoms with van der Waals surface area (Å²) in [5.41, 5.74) is 3.42. The van der Waals surface area contributed by atoms with Crippen LogP contribution in [0, 0.1) is 0 Å². The van der Waals surface area contributed by atoms with Crippen LogP contribution in [0.3, 0.4) is 0 Å². The molecule has 2 aromatic rings. The normalized spacial score (nSPS) is 13.4. The highest BCUT2D eigenvalue weighted by molar-refractivity contribution is 5.76. The van der Waals surface area contributed by atoms with Crippen LogP contribution in [0.5, 0.6) is 11.5 Å². The molecule has 0 bridgehead atoms. The summed E-state index contributed by atoms with van der Waals surface area (Å²) >= 11 is 0. The summed E-state index contributed by atoms with van der Waals surface area (Å²) < 4.78 is 10.7. The number of hydrogen-bond donors (Lipinski definition) is 2. The van der Waals surface area contributed by atoms with Crippen LogP contribution in [-0.2, 0) is 24.3 Å². The Balaban J connectivity index is 1.47. The molecule has 7 heteroatoms. The average molecular weight is 358 g/mol. The molecule has 2 heterocycles. The number of fused-ring (bicyclic) bond motifs is 1. The summed E-state index contributed by atoms with van der Waals surface area (Å²) in [5.74, 6) is 1.66. The van der Waals surface area contributed by atoms with Gasteiger partial charge in [-0.2, -0.15) is 5.10 Å². The topological polar surface area (TPSA) is 79.5 Å². The number of nitrogens with zero attached hydrogens (tertiary/aromatic N) is 2. The number of carbonyl (C=O) groups is 1. The molecule has 1 amide bonds. The molecule has 0 aliphatic carbocycles. The molecule has 1 aliphatic rings. The van der Waals surface area contributed by atoms with Gasteiger partial charge >= 0.3 is 0 Å². The maximum absolute atomic E-state index is 12.5. The van der Waals surface area contributed by atoms with Gasteiger partial charge in [0.25, 0.3) is 0 Å². The molecule has 1 aromatic heterocycles. The minimum atomic E-state index is 0.203. The van der Waals surface area contributed by atoms with Crippen LogP contribution >= 0.6 is 0 Å². The highest BCUT2D eigenvalue weighted by Crippen LogP contribution is 2.33. The van der Waals surface area contributed by atoms with Crippen molar-refractivity contribution in [1.29, 1.82) is 0 Å². The Morgan fingerprint density at radius 1 is 1.27 bits per heavy atom. The first kappa shape index (κ1) is 18.3. The Bertz CT molecular complexity index is 731. The lowest BCUT2D eigenvalue weighted by Crippen LogP contribution is -2.36. The molecule has 0 saturated carbocycles. The van der Waals surface area contributed by atoms with Crippen LogP contribution in [0.25, 0.3) is 0 Å². The van der Waals surface area contributed by atoms with Gasteiger partial charge in [0.1, 0.15) is 0 Å². The van der Waals surface area contributed by atoms with Crippen molar-refractivity contribution in [3.8, 4) is 11.5 Å². The Hall–Kier alpha value is -2.54. The third-order valence-electron chi connectivity index (χ3n) is 4.69. The smallest absolute Gasteiger partial charge is 0.222 e. The number of rotatable bonds is 8. The molecule has 1 aliphatic heterocycles. The van der Waals surface area contributed by atoms with Gasteiger partial charge in [-0.1, -0.05) is 0 Å². The lowest BCUT2D eigenvalue weighted by molar-refractivity contribution is -0.132. The number of aromatic amines is 1. The number of hydrogen-bond acceptors (Lipinski definition) is 5. The van der Waals surface area contributed by atoms with Gasteiger partial charge in [0.05, 0.1) is 14.2 Å². The molecular weight excluding hydrogens is 332 g/mol. The molecule has 0 spiro atoms. The molecule has 0 fully saturated rings. The first-order valence-corrected chi connectivity index (χ1v) is 8.91. The zero-order valence-corrected chi connectivity index (χ0v) is 15.4. The van der Waals surface area contributed by atoms with Crippen LogP contribution in [-0.4, -0.2) is 48.3 Å². The van der Waals surface area contributed by atoms with Crippen molar-refractivity contribution in [2.75, 3.05) is 27.3 Å². The molecule has 0 unspecified atom stereocenters. The van der Waals surface area contributed by atoms with E-state index in [9.17, 15) is 4.79 Å². The van der Waals surface area contributed by atoms with E-state index >= 15 is 0 Å². The van der Waals surface area contributed by atoms with Gasteiger partial charge in [-0.25, -0.2) is 0 Å². The van der Waals surface area contributed by atoms with E-state index in [1.54, 1.807) is 20.4 Å². The average Bonchev–Trinajstić information content (AvgIpc) is 3.19. The van der Waals surface area contributed by atoms with Gasteiger partial charge in [-0.15, -0.1) is 0 Å². The van der Waals surface area contributed by atoms with Crippen molar-refractivity contribution < 1.29 is 14.3 Å². The first-order valence-electron chi connectivity index (χ1n) is 8.91. The molecule has 1 aromatic carbocycles. The number of aromatic nitrogens is 2. The summed E-state index contributed by atoms with van der Waals surface area (Å²) in [6.45, 7) is 2.94. The van der Waals surface area contributed by atoms with E-state index in [2.05, 4.69) is 15.5 Å². The molecule has 0 atom stereocenters. The summed E-state index contributed by atoms with van der Waals surface area (Å²) in [7, 11) is 3.27. The second kappa shape index (κ2) is 8.71. The highest BCUT2D eigenvalue weighted by Gasteiger charge is 2.22. The standard InChI is InChI=1S/C19H26N4O3/c1-25-17-10-14-6-9-23(13-15(14)11-18(17)26-2)19(24)4-3-7-20-12-16-5-8-21-22-16/h5,8,10-11,20H,3-4,6-7,9,12-13H2,1-2H3,(H,21,22). The second-order valence-corrected chi connectivity index (χ2v) is 6.40. The molecular formula is C19H26N4O3. The minimum Gasteiger partial charge on any atom is -0.493 e. The van der Waals surface area contributed by atoms with E-state index in [0.29, 0.717) is 18.7 Å². The predicted molar refractivity (Wildman–Crippen MR) is 98.2 cm³/mol. The van der Waals surface area contributed by atoms with Crippen LogP contribution in [0.15, 0.2) is 24.4 Å². The predicted octanol–water partition coefficient (Wildman–Crippen LogP) is 1.88. The maximum atomic E-state index is 12.5. The fraction of sp³-hybridized carbons (Fsp3) is 0.474. The summed E-state index contributed by atoms with van der Waals surface area (Å²) in [6, 6.07) is 5.95. The molecule has 0 saturated heterocycles. The number of carbonyl (C=O) groups excluding carboxylic acids is 1. The zero-order valence-electron chi connectivity index (χ0n) is 15.4. The van der Waals surface area contributed by atoms with Crippen molar-refractivity contribution in [2.24, 2.45) is 0 Å². The fourth-order valence-corrected chi connectivity index (χ4v) is 3.22. The van der Waals surface area contributed by atoms with Crippen LogP contribution in [0.2, 0.25) is 0 Å². The quantitative estimate of drug-likeness (QED) is 0.705. The number of benzene rings is 1. The van der Waals surface area contributed by atoms with E-state index in [4.69, 9.17) is 9.47 Å². The lowest BCUT2D eigenvalue weighted by atomic mass is 9.98. The Kier molecular flexibility index (Phi) is 6.12. The third kappa shape index (κ3) is 4.35. The van der Waals surface area contributed by atoms with E-state index in [-0.39, 0.29) is 5.91 Å². The van der Waals surface area contributed by atoms with Gasteiger partial charge < -0.3 is 19.7 Å². The minimum absolute atomic E-state index is 0.203.